The molecule has 8 nitrogen and oxygen atoms in total. The molecule has 1 saturated heterocycles. The molecule has 1 fully saturated rings. The zero-order chi connectivity index (χ0) is 16.4. The molecule has 23 heavy (non-hydrogen) atoms. The Morgan fingerprint density at radius 2 is 1.96 bits per heavy atom. The molecule has 0 bridgehead atoms. The predicted molar refractivity (Wildman–Crippen MR) is 79.2 cm³/mol. The number of hydrogen-bond acceptors (Lipinski definition) is 6. The van der Waals surface area contributed by atoms with E-state index >= 15 is 0 Å². The van der Waals surface area contributed by atoms with E-state index in [2.05, 4.69) is 4.98 Å². The van der Waals surface area contributed by atoms with E-state index < -0.39 is 42.4 Å². The Hall–Kier alpha value is -2.42. The number of rotatable bonds is 4. The number of H-pyrrole nitrogens is 1. The summed E-state index contributed by atoms with van der Waals surface area (Å²) in [4.78, 5) is 25.3. The highest BCUT2D eigenvalue weighted by Gasteiger charge is 2.46. The zero-order valence-corrected chi connectivity index (χ0v) is 12.0. The van der Waals surface area contributed by atoms with Crippen LogP contribution < -0.4 is 16.0 Å². The van der Waals surface area contributed by atoms with Crippen molar-refractivity contribution in [3.63, 3.8) is 0 Å². The molecule has 1 aliphatic rings. The van der Waals surface area contributed by atoms with Crippen LogP contribution in [0.3, 0.4) is 0 Å². The molecule has 0 amide bonds. The van der Waals surface area contributed by atoms with Gasteiger partial charge in [0.25, 0.3) is 5.56 Å². The number of hydrogen-bond donors (Lipinski definition) is 3. The van der Waals surface area contributed by atoms with Crippen LogP contribution in [0.4, 0.5) is 0 Å². The SMILES string of the molecule is O=c1ccn([C@@H]2O[C@H](CO)[C@@H](O)[C@H]2Oc2ccccc2)c(=O)[nH]1. The second-order valence-corrected chi connectivity index (χ2v) is 5.15. The van der Waals surface area contributed by atoms with Gasteiger partial charge in [0.1, 0.15) is 18.0 Å². The van der Waals surface area contributed by atoms with Gasteiger partial charge in [-0.1, -0.05) is 18.2 Å². The van der Waals surface area contributed by atoms with E-state index in [-0.39, 0.29) is 0 Å². The minimum atomic E-state index is -1.14. The van der Waals surface area contributed by atoms with E-state index in [1.807, 2.05) is 6.07 Å². The van der Waals surface area contributed by atoms with E-state index in [0.29, 0.717) is 5.75 Å². The molecule has 0 radical (unpaired) electrons. The molecular weight excluding hydrogens is 304 g/mol. The predicted octanol–water partition coefficient (Wildman–Crippen LogP) is -0.765. The average Bonchev–Trinajstić information content (AvgIpc) is 2.85. The first-order valence-electron chi connectivity index (χ1n) is 7.07. The fourth-order valence-corrected chi connectivity index (χ4v) is 2.50. The van der Waals surface area contributed by atoms with E-state index in [1.54, 1.807) is 24.3 Å². The Labute approximate surface area is 130 Å². The first kappa shape index (κ1) is 15.5. The number of para-hydroxylation sites is 1. The van der Waals surface area contributed by atoms with E-state index in [4.69, 9.17) is 9.47 Å². The molecule has 0 spiro atoms. The number of nitrogens with zero attached hydrogens (tertiary/aromatic N) is 1. The van der Waals surface area contributed by atoms with Crippen LogP contribution in [0.1, 0.15) is 6.23 Å². The molecule has 8 heteroatoms. The van der Waals surface area contributed by atoms with E-state index in [1.165, 1.54) is 12.3 Å². The van der Waals surface area contributed by atoms with Gasteiger partial charge >= 0.3 is 5.69 Å². The van der Waals surface area contributed by atoms with E-state index in [0.717, 1.165) is 4.57 Å². The Bertz CT molecular complexity index is 771. The Kier molecular flexibility index (Phi) is 4.28. The highest BCUT2D eigenvalue weighted by Crippen LogP contribution is 2.31. The molecule has 4 atom stereocenters. The highest BCUT2D eigenvalue weighted by atomic mass is 16.6. The zero-order valence-electron chi connectivity index (χ0n) is 12.0. The molecule has 0 saturated carbocycles. The lowest BCUT2D eigenvalue weighted by atomic mass is 10.1. The van der Waals surface area contributed by atoms with Crippen LogP contribution in [0, 0.1) is 0 Å². The number of aliphatic hydroxyl groups is 2. The molecule has 1 aliphatic heterocycles. The second kappa shape index (κ2) is 6.37. The van der Waals surface area contributed by atoms with Gasteiger partial charge in [0.15, 0.2) is 12.3 Å². The number of aliphatic hydroxyl groups excluding tert-OH is 2. The minimum Gasteiger partial charge on any atom is -0.483 e. The molecular formula is C15H16N2O6. The van der Waals surface area contributed by atoms with Gasteiger partial charge in [0.2, 0.25) is 0 Å². The highest BCUT2D eigenvalue weighted by molar-refractivity contribution is 5.22. The lowest BCUT2D eigenvalue weighted by molar-refractivity contribution is -0.0523. The molecule has 2 heterocycles. The van der Waals surface area contributed by atoms with Gasteiger partial charge in [-0.2, -0.15) is 0 Å². The summed E-state index contributed by atoms with van der Waals surface area (Å²) in [7, 11) is 0. The van der Waals surface area contributed by atoms with Gasteiger partial charge in [-0.25, -0.2) is 4.79 Å². The van der Waals surface area contributed by atoms with Crippen molar-refractivity contribution in [3.8, 4) is 5.75 Å². The molecule has 2 aromatic rings. The molecule has 1 aromatic carbocycles. The van der Waals surface area contributed by atoms with Crippen molar-refractivity contribution in [1.82, 2.24) is 9.55 Å². The average molecular weight is 320 g/mol. The van der Waals surface area contributed by atoms with Crippen molar-refractivity contribution in [3.05, 3.63) is 63.4 Å². The Morgan fingerprint density at radius 1 is 1.22 bits per heavy atom. The summed E-state index contributed by atoms with van der Waals surface area (Å²) in [5, 5.41) is 19.6. The normalized spacial score (nSPS) is 27.0. The van der Waals surface area contributed by atoms with Crippen molar-refractivity contribution < 1.29 is 19.7 Å². The minimum absolute atomic E-state index is 0.426. The standard InChI is InChI=1S/C15H16N2O6/c18-8-10-12(20)13(22-9-4-2-1-3-5-9)14(23-10)17-7-6-11(19)16-15(17)21/h1-7,10,12-14,18,20H,8H2,(H,16,19,21)/t10-,12-,13-,14-/m1/s1. The molecule has 122 valence electrons. The van der Waals surface area contributed by atoms with Crippen molar-refractivity contribution in [2.75, 3.05) is 6.61 Å². The van der Waals surface area contributed by atoms with Gasteiger partial charge in [0.05, 0.1) is 6.61 Å². The smallest absolute Gasteiger partial charge is 0.330 e. The quantitative estimate of drug-likeness (QED) is 0.682. The largest absolute Gasteiger partial charge is 0.483 e. The molecule has 3 rings (SSSR count). The third-order valence-electron chi connectivity index (χ3n) is 3.63. The topological polar surface area (TPSA) is 114 Å². The maximum Gasteiger partial charge on any atom is 0.330 e. The van der Waals surface area contributed by atoms with Crippen LogP contribution in [0.5, 0.6) is 5.75 Å². The number of aromatic nitrogens is 2. The summed E-state index contributed by atoms with van der Waals surface area (Å²) < 4.78 is 12.4. The number of aromatic amines is 1. The summed E-state index contributed by atoms with van der Waals surface area (Å²) in [6, 6.07) is 9.92. The third kappa shape index (κ3) is 3.04. The number of ether oxygens (including phenoxy) is 2. The monoisotopic (exact) mass is 320 g/mol. The molecule has 3 N–H and O–H groups in total. The van der Waals surface area contributed by atoms with Crippen LogP contribution >= 0.6 is 0 Å². The molecule has 0 unspecified atom stereocenters. The lowest BCUT2D eigenvalue weighted by Gasteiger charge is -2.23. The summed E-state index contributed by atoms with van der Waals surface area (Å²) in [5.74, 6) is 0.487. The Morgan fingerprint density at radius 3 is 2.61 bits per heavy atom. The van der Waals surface area contributed by atoms with Gasteiger partial charge in [-0.15, -0.1) is 0 Å². The first-order valence-corrected chi connectivity index (χ1v) is 7.07. The summed E-state index contributed by atoms with van der Waals surface area (Å²) in [6.07, 6.45) is -2.67. The van der Waals surface area contributed by atoms with Crippen molar-refractivity contribution in [2.24, 2.45) is 0 Å². The summed E-state index contributed by atoms with van der Waals surface area (Å²) in [5.41, 5.74) is -1.22. The maximum absolute atomic E-state index is 12.0. The summed E-state index contributed by atoms with van der Waals surface area (Å²) >= 11 is 0. The van der Waals surface area contributed by atoms with Crippen molar-refractivity contribution in [2.45, 2.75) is 24.5 Å². The second-order valence-electron chi connectivity index (χ2n) is 5.15. The van der Waals surface area contributed by atoms with E-state index in [9.17, 15) is 19.8 Å². The van der Waals surface area contributed by atoms with Crippen LogP contribution in [0.15, 0.2) is 52.2 Å². The summed E-state index contributed by atoms with van der Waals surface area (Å²) in [6.45, 7) is -0.426. The Balaban J connectivity index is 1.95. The van der Waals surface area contributed by atoms with Crippen LogP contribution in [0.2, 0.25) is 0 Å². The van der Waals surface area contributed by atoms with Crippen molar-refractivity contribution in [1.29, 1.82) is 0 Å². The number of nitrogens with one attached hydrogen (secondary N) is 1. The molecule has 1 aromatic heterocycles. The number of benzene rings is 1. The maximum atomic E-state index is 12.0. The van der Waals surface area contributed by atoms with Crippen LogP contribution in [-0.4, -0.2) is 44.7 Å². The van der Waals surface area contributed by atoms with Gasteiger partial charge in [-0.05, 0) is 12.1 Å². The fraction of sp³-hybridized carbons (Fsp3) is 0.333. The van der Waals surface area contributed by atoms with Gasteiger partial charge in [0, 0.05) is 12.3 Å². The first-order chi connectivity index (χ1) is 11.1. The lowest BCUT2D eigenvalue weighted by Crippen LogP contribution is -2.41. The van der Waals surface area contributed by atoms with Crippen molar-refractivity contribution >= 4 is 0 Å². The van der Waals surface area contributed by atoms with Gasteiger partial charge < -0.3 is 19.7 Å². The molecule has 0 aliphatic carbocycles. The van der Waals surface area contributed by atoms with Crippen LogP contribution in [0.25, 0.3) is 0 Å². The third-order valence-corrected chi connectivity index (χ3v) is 3.63. The van der Waals surface area contributed by atoms with Crippen LogP contribution in [-0.2, 0) is 4.74 Å². The fourth-order valence-electron chi connectivity index (χ4n) is 2.50. The van der Waals surface area contributed by atoms with Gasteiger partial charge in [-0.3, -0.25) is 14.3 Å².